The Morgan fingerprint density at radius 2 is 1.62 bits per heavy atom. The van der Waals surface area contributed by atoms with E-state index in [0.29, 0.717) is 0 Å². The van der Waals surface area contributed by atoms with E-state index in [-0.39, 0.29) is 12.2 Å². The maximum absolute atomic E-state index is 13.3. The van der Waals surface area contributed by atoms with Crippen molar-refractivity contribution in [1.29, 1.82) is 0 Å². The van der Waals surface area contributed by atoms with Crippen molar-refractivity contribution in [3.8, 4) is 0 Å². The van der Waals surface area contributed by atoms with Gasteiger partial charge in [-0.25, -0.2) is 8.78 Å². The van der Waals surface area contributed by atoms with E-state index in [2.05, 4.69) is 6.92 Å². The van der Waals surface area contributed by atoms with Crippen LogP contribution in [0.4, 0.5) is 8.78 Å². The van der Waals surface area contributed by atoms with Gasteiger partial charge in [-0.1, -0.05) is 57.2 Å². The van der Waals surface area contributed by atoms with Gasteiger partial charge in [-0.2, -0.15) is 0 Å². The molecule has 2 fully saturated rings. The van der Waals surface area contributed by atoms with Crippen LogP contribution >= 0.6 is 0 Å². The van der Waals surface area contributed by atoms with Crippen LogP contribution in [0.5, 0.6) is 0 Å². The molecule has 0 aromatic rings. The first-order valence-corrected chi connectivity index (χ1v) is 11.6. The predicted octanol–water partition coefficient (Wildman–Crippen LogP) is 6.40. The molecule has 1 saturated carbocycles. The number of halogens is 2. The van der Waals surface area contributed by atoms with Gasteiger partial charge in [-0.3, -0.25) is 0 Å². The molecule has 0 radical (unpaired) electrons. The number of hydrogen-bond donors (Lipinski definition) is 0. The van der Waals surface area contributed by atoms with Gasteiger partial charge in [0.2, 0.25) is 0 Å². The van der Waals surface area contributed by atoms with Crippen molar-refractivity contribution in [3.63, 3.8) is 0 Å². The summed E-state index contributed by atoms with van der Waals surface area (Å²) in [6.45, 7) is 2.29. The highest BCUT2D eigenvalue weighted by molar-refractivity contribution is 6.58. The Labute approximate surface area is 131 Å². The van der Waals surface area contributed by atoms with Gasteiger partial charge in [-0.15, -0.1) is 0 Å². The van der Waals surface area contributed by atoms with Gasteiger partial charge in [0.1, 0.15) is 12.2 Å². The first-order chi connectivity index (χ1) is 10.2. The Bertz CT molecular complexity index is 313. The molecule has 0 amide bonds. The molecule has 0 nitrogen and oxygen atoms in total. The van der Waals surface area contributed by atoms with Crippen molar-refractivity contribution in [2.75, 3.05) is 0 Å². The van der Waals surface area contributed by atoms with E-state index in [4.69, 9.17) is 0 Å². The molecule has 1 saturated heterocycles. The van der Waals surface area contributed by atoms with Crippen LogP contribution in [0.25, 0.3) is 0 Å². The number of hydrogen-bond acceptors (Lipinski definition) is 0. The van der Waals surface area contributed by atoms with Gasteiger partial charge in [0.15, 0.2) is 0 Å². The molecule has 0 bridgehead atoms. The van der Waals surface area contributed by atoms with E-state index in [0.717, 1.165) is 37.5 Å². The second kappa shape index (κ2) is 9.07. The molecule has 2 aliphatic rings. The monoisotopic (exact) mass is 314 g/mol. The van der Waals surface area contributed by atoms with Crippen LogP contribution in [0.15, 0.2) is 12.2 Å². The average Bonchev–Trinajstić information content (AvgIpc) is 2.55. The van der Waals surface area contributed by atoms with Crippen LogP contribution in [-0.2, 0) is 0 Å². The van der Waals surface area contributed by atoms with Crippen LogP contribution in [0, 0.1) is 17.8 Å². The zero-order valence-electron chi connectivity index (χ0n) is 13.6. The van der Waals surface area contributed by atoms with E-state index in [1.165, 1.54) is 32.1 Å². The van der Waals surface area contributed by atoms with E-state index in [1.807, 2.05) is 0 Å². The normalized spacial score (nSPS) is 34.9. The zero-order valence-corrected chi connectivity index (χ0v) is 14.8. The standard InChI is InChI=1S/C18H32F2Si/c1-2-3-4-11-21-12-9-16(10-13-21)15-5-7-17(8-6-15)18(20)14-19/h14-17,21H,2-13H2,1H3/b18-14-. The fourth-order valence-corrected chi connectivity index (χ4v) is 8.12. The van der Waals surface area contributed by atoms with Crippen LogP contribution < -0.4 is 0 Å². The molecule has 0 unspecified atom stereocenters. The summed E-state index contributed by atoms with van der Waals surface area (Å²) in [5.41, 5.74) is 0. The highest BCUT2D eigenvalue weighted by atomic mass is 28.3. The minimum absolute atomic E-state index is 0.119. The summed E-state index contributed by atoms with van der Waals surface area (Å²) >= 11 is 0. The smallest absolute Gasteiger partial charge is 0.131 e. The topological polar surface area (TPSA) is 0 Å². The van der Waals surface area contributed by atoms with Crippen LogP contribution in [-0.4, -0.2) is 8.80 Å². The van der Waals surface area contributed by atoms with Gasteiger partial charge in [0, 0.05) is 14.7 Å². The van der Waals surface area contributed by atoms with E-state index >= 15 is 0 Å². The van der Waals surface area contributed by atoms with E-state index in [1.54, 1.807) is 18.1 Å². The molecule has 21 heavy (non-hydrogen) atoms. The molecule has 0 aromatic carbocycles. The quantitative estimate of drug-likeness (QED) is 0.393. The van der Waals surface area contributed by atoms with Crippen LogP contribution in [0.3, 0.4) is 0 Å². The van der Waals surface area contributed by atoms with E-state index < -0.39 is 14.6 Å². The molecule has 2 rings (SSSR count). The zero-order chi connectivity index (χ0) is 15.1. The summed E-state index contributed by atoms with van der Waals surface area (Å²) in [4.78, 5) is 0. The van der Waals surface area contributed by atoms with E-state index in [9.17, 15) is 8.78 Å². The van der Waals surface area contributed by atoms with Crippen molar-refractivity contribution in [1.82, 2.24) is 0 Å². The first kappa shape index (κ1) is 17.2. The molecule has 0 spiro atoms. The Morgan fingerprint density at radius 3 is 2.19 bits per heavy atom. The van der Waals surface area contributed by atoms with Crippen molar-refractivity contribution >= 4 is 8.80 Å². The number of rotatable bonds is 6. The number of unbranched alkanes of at least 4 members (excludes halogenated alkanes) is 2. The minimum Gasteiger partial charge on any atom is -0.213 e. The maximum Gasteiger partial charge on any atom is 0.131 e. The lowest BCUT2D eigenvalue weighted by atomic mass is 9.73. The van der Waals surface area contributed by atoms with Gasteiger partial charge < -0.3 is 0 Å². The highest BCUT2D eigenvalue weighted by Gasteiger charge is 2.32. The lowest BCUT2D eigenvalue weighted by Crippen LogP contribution is -2.28. The summed E-state index contributed by atoms with van der Waals surface area (Å²) in [6, 6.07) is 4.67. The van der Waals surface area contributed by atoms with Gasteiger partial charge in [-0.05, 0) is 37.5 Å². The molecule has 0 aromatic heterocycles. The second-order valence-corrected chi connectivity index (χ2v) is 10.8. The minimum atomic E-state index is -0.513. The third-order valence-electron chi connectivity index (χ3n) is 6.04. The molecule has 0 atom stereocenters. The van der Waals surface area contributed by atoms with Crippen molar-refractivity contribution in [3.05, 3.63) is 12.2 Å². The lowest BCUT2D eigenvalue weighted by Gasteiger charge is -2.37. The molecular weight excluding hydrogens is 282 g/mol. The van der Waals surface area contributed by atoms with Gasteiger partial charge in [0.25, 0.3) is 0 Å². The van der Waals surface area contributed by atoms with Gasteiger partial charge >= 0.3 is 0 Å². The molecular formula is C18H32F2Si. The Kier molecular flexibility index (Phi) is 7.42. The summed E-state index contributed by atoms with van der Waals surface area (Å²) < 4.78 is 25.5. The summed E-state index contributed by atoms with van der Waals surface area (Å²) in [7, 11) is -0.403. The summed E-state index contributed by atoms with van der Waals surface area (Å²) in [5.74, 6) is 1.07. The molecule has 1 heterocycles. The van der Waals surface area contributed by atoms with Crippen molar-refractivity contribution in [2.24, 2.45) is 17.8 Å². The third-order valence-corrected chi connectivity index (χ3v) is 9.56. The van der Waals surface area contributed by atoms with Crippen LogP contribution in [0.2, 0.25) is 18.1 Å². The van der Waals surface area contributed by atoms with Gasteiger partial charge in [0.05, 0.1) is 0 Å². The molecule has 3 heteroatoms. The Balaban J connectivity index is 1.67. The molecule has 1 aliphatic heterocycles. The average molecular weight is 315 g/mol. The SMILES string of the molecule is CCCCC[SiH]1CCC(C2CCC(/C(F)=C/F)CC2)CC1. The second-order valence-electron chi connectivity index (χ2n) is 7.38. The summed E-state index contributed by atoms with van der Waals surface area (Å²) in [6.07, 6.45) is 11.3. The van der Waals surface area contributed by atoms with Crippen molar-refractivity contribution in [2.45, 2.75) is 82.8 Å². The molecule has 122 valence electrons. The fraction of sp³-hybridized carbons (Fsp3) is 0.889. The molecule has 1 aliphatic carbocycles. The lowest BCUT2D eigenvalue weighted by molar-refractivity contribution is 0.192. The predicted molar refractivity (Wildman–Crippen MR) is 89.6 cm³/mol. The van der Waals surface area contributed by atoms with Crippen LogP contribution in [0.1, 0.15) is 64.7 Å². The maximum atomic E-state index is 13.3. The highest BCUT2D eigenvalue weighted by Crippen LogP contribution is 2.42. The number of allylic oxidation sites excluding steroid dienone is 1. The summed E-state index contributed by atoms with van der Waals surface area (Å²) in [5, 5.41) is 0. The Hall–Kier alpha value is -0.183. The third kappa shape index (κ3) is 5.19. The Morgan fingerprint density at radius 1 is 1.00 bits per heavy atom. The largest absolute Gasteiger partial charge is 0.213 e. The molecule has 0 N–H and O–H groups in total. The van der Waals surface area contributed by atoms with Crippen molar-refractivity contribution < 1.29 is 8.78 Å². The first-order valence-electron chi connectivity index (χ1n) is 9.20. The fourth-order valence-electron chi connectivity index (χ4n) is 4.59.